The number of nitrogens with one attached hydrogen (secondary N) is 1. The van der Waals surface area contributed by atoms with Crippen molar-refractivity contribution in [2.45, 2.75) is 25.7 Å². The molecule has 0 bridgehead atoms. The van der Waals surface area contributed by atoms with Crippen LogP contribution in [0.5, 0.6) is 0 Å². The number of hydrogen-bond acceptors (Lipinski definition) is 4. The van der Waals surface area contributed by atoms with Crippen LogP contribution in [0.2, 0.25) is 5.02 Å². The van der Waals surface area contributed by atoms with Gasteiger partial charge in [-0.1, -0.05) is 65.3 Å². The van der Waals surface area contributed by atoms with Crippen LogP contribution in [0.25, 0.3) is 0 Å². The van der Waals surface area contributed by atoms with E-state index < -0.39 is 5.91 Å². The molecule has 0 radical (unpaired) electrons. The third-order valence-electron chi connectivity index (χ3n) is 5.06. The summed E-state index contributed by atoms with van der Waals surface area (Å²) in [5.74, 6) is -0.769. The molecule has 1 aliphatic rings. The number of aryl methyl sites for hydroxylation is 3. The van der Waals surface area contributed by atoms with Crippen LogP contribution in [-0.4, -0.2) is 11.8 Å². The SMILES string of the molecule is Cc1ccc(NC2=C(Sc3ccccc3)C(=O)N(c3ccc(C)c(Cl)c3)C2=O)c(C)c1. The van der Waals surface area contributed by atoms with E-state index in [1.54, 1.807) is 18.2 Å². The molecule has 0 aromatic heterocycles. The first-order valence-corrected chi connectivity index (χ1v) is 11.0. The van der Waals surface area contributed by atoms with Crippen molar-refractivity contribution in [3.63, 3.8) is 0 Å². The topological polar surface area (TPSA) is 49.4 Å². The molecule has 0 saturated heterocycles. The molecule has 31 heavy (non-hydrogen) atoms. The van der Waals surface area contributed by atoms with Gasteiger partial charge in [-0.15, -0.1) is 0 Å². The summed E-state index contributed by atoms with van der Waals surface area (Å²) in [6, 6.07) is 20.7. The third kappa shape index (κ3) is 4.24. The average Bonchev–Trinajstić information content (AvgIpc) is 2.97. The van der Waals surface area contributed by atoms with Gasteiger partial charge in [0.2, 0.25) is 0 Å². The highest BCUT2D eigenvalue weighted by Gasteiger charge is 2.40. The van der Waals surface area contributed by atoms with Crippen molar-refractivity contribution < 1.29 is 9.59 Å². The fourth-order valence-corrected chi connectivity index (χ4v) is 4.49. The molecule has 0 saturated carbocycles. The predicted molar refractivity (Wildman–Crippen MR) is 128 cm³/mol. The van der Waals surface area contributed by atoms with Crippen molar-refractivity contribution in [2.75, 3.05) is 10.2 Å². The summed E-state index contributed by atoms with van der Waals surface area (Å²) < 4.78 is 0. The van der Waals surface area contributed by atoms with Gasteiger partial charge in [-0.2, -0.15) is 0 Å². The minimum absolute atomic E-state index is 0.266. The molecule has 0 atom stereocenters. The lowest BCUT2D eigenvalue weighted by atomic mass is 10.1. The van der Waals surface area contributed by atoms with Crippen LogP contribution >= 0.6 is 23.4 Å². The fourth-order valence-electron chi connectivity index (χ4n) is 3.36. The van der Waals surface area contributed by atoms with Gasteiger partial charge in [0.1, 0.15) is 10.6 Å². The first kappa shape index (κ1) is 21.2. The van der Waals surface area contributed by atoms with Crippen molar-refractivity contribution in [1.29, 1.82) is 0 Å². The Morgan fingerprint density at radius 1 is 0.839 bits per heavy atom. The molecule has 4 nitrogen and oxygen atoms in total. The number of halogens is 1. The Morgan fingerprint density at radius 2 is 1.58 bits per heavy atom. The van der Waals surface area contributed by atoms with Gasteiger partial charge in [-0.05, 0) is 62.2 Å². The number of rotatable bonds is 5. The van der Waals surface area contributed by atoms with E-state index in [0.29, 0.717) is 15.6 Å². The number of anilines is 2. The van der Waals surface area contributed by atoms with Crippen molar-refractivity contribution >= 4 is 46.6 Å². The number of benzene rings is 3. The highest BCUT2D eigenvalue weighted by atomic mass is 35.5. The lowest BCUT2D eigenvalue weighted by Gasteiger charge is -2.16. The monoisotopic (exact) mass is 448 g/mol. The van der Waals surface area contributed by atoms with Gasteiger partial charge in [0, 0.05) is 15.6 Å². The Bertz CT molecular complexity index is 1220. The number of imide groups is 1. The summed E-state index contributed by atoms with van der Waals surface area (Å²) in [5.41, 5.74) is 4.51. The average molecular weight is 449 g/mol. The molecule has 4 rings (SSSR count). The van der Waals surface area contributed by atoms with Gasteiger partial charge in [0.05, 0.1) is 5.69 Å². The Hall–Kier alpha value is -3.02. The summed E-state index contributed by atoms with van der Waals surface area (Å²) in [4.78, 5) is 29.2. The Kier molecular flexibility index (Phi) is 5.90. The van der Waals surface area contributed by atoms with Gasteiger partial charge in [0.15, 0.2) is 0 Å². The van der Waals surface area contributed by atoms with Gasteiger partial charge in [-0.3, -0.25) is 9.59 Å². The zero-order chi connectivity index (χ0) is 22.1. The van der Waals surface area contributed by atoms with E-state index >= 15 is 0 Å². The minimum Gasteiger partial charge on any atom is -0.350 e. The van der Waals surface area contributed by atoms with E-state index in [1.165, 1.54) is 16.7 Å². The fraction of sp³-hybridized carbons (Fsp3) is 0.120. The summed E-state index contributed by atoms with van der Waals surface area (Å²) >= 11 is 7.55. The standard InChI is InChI=1S/C25H21ClN2O2S/c1-15-9-12-21(17(3)13-15)27-22-23(31-19-7-5-4-6-8-19)25(30)28(24(22)29)18-11-10-16(2)20(26)14-18/h4-14,27H,1-3H3. The summed E-state index contributed by atoms with van der Waals surface area (Å²) in [7, 11) is 0. The molecule has 6 heteroatoms. The number of thioether (sulfide) groups is 1. The summed E-state index contributed by atoms with van der Waals surface area (Å²) in [6.07, 6.45) is 0. The molecular weight excluding hydrogens is 428 g/mol. The van der Waals surface area contributed by atoms with Crippen molar-refractivity contribution in [3.05, 3.63) is 99.0 Å². The molecule has 0 aliphatic carbocycles. The molecule has 1 aliphatic heterocycles. The Morgan fingerprint density at radius 3 is 2.26 bits per heavy atom. The van der Waals surface area contributed by atoms with Crippen molar-refractivity contribution in [2.24, 2.45) is 0 Å². The maximum atomic E-state index is 13.4. The van der Waals surface area contributed by atoms with E-state index in [4.69, 9.17) is 11.6 Å². The van der Waals surface area contributed by atoms with Gasteiger partial charge in [-0.25, -0.2) is 4.90 Å². The molecule has 0 spiro atoms. The third-order valence-corrected chi connectivity index (χ3v) is 6.56. The number of nitrogens with zero attached hydrogens (tertiary/aromatic N) is 1. The second-order valence-corrected chi connectivity index (χ2v) is 8.93. The zero-order valence-corrected chi connectivity index (χ0v) is 19.0. The molecule has 3 aromatic carbocycles. The highest BCUT2D eigenvalue weighted by Crippen LogP contribution is 2.38. The minimum atomic E-state index is -0.400. The molecule has 156 valence electrons. The molecule has 2 amide bonds. The first-order chi connectivity index (χ1) is 14.8. The van der Waals surface area contributed by atoms with Crippen molar-refractivity contribution in [1.82, 2.24) is 0 Å². The number of hydrogen-bond donors (Lipinski definition) is 1. The van der Waals surface area contributed by atoms with Crippen LogP contribution in [0.4, 0.5) is 11.4 Å². The zero-order valence-electron chi connectivity index (χ0n) is 17.4. The number of carbonyl (C=O) groups excluding carboxylic acids is 2. The van der Waals surface area contributed by atoms with Crippen LogP contribution in [0.15, 0.2) is 82.2 Å². The van der Waals surface area contributed by atoms with Crippen LogP contribution in [-0.2, 0) is 9.59 Å². The lowest BCUT2D eigenvalue weighted by Crippen LogP contribution is -2.32. The largest absolute Gasteiger partial charge is 0.350 e. The van der Waals surface area contributed by atoms with Crippen LogP contribution < -0.4 is 10.2 Å². The Balaban J connectivity index is 1.77. The van der Waals surface area contributed by atoms with E-state index in [9.17, 15) is 9.59 Å². The molecular formula is C25H21ClN2O2S. The molecule has 3 aromatic rings. The maximum absolute atomic E-state index is 13.4. The van der Waals surface area contributed by atoms with Gasteiger partial charge < -0.3 is 5.32 Å². The maximum Gasteiger partial charge on any atom is 0.283 e. The lowest BCUT2D eigenvalue weighted by molar-refractivity contribution is -0.120. The molecule has 0 unspecified atom stereocenters. The van der Waals surface area contributed by atoms with E-state index in [1.807, 2.05) is 69.3 Å². The Labute approximate surface area is 190 Å². The van der Waals surface area contributed by atoms with Gasteiger partial charge >= 0.3 is 0 Å². The normalized spacial score (nSPS) is 13.9. The van der Waals surface area contributed by atoms with Crippen LogP contribution in [0, 0.1) is 20.8 Å². The molecule has 1 N–H and O–H groups in total. The van der Waals surface area contributed by atoms with E-state index in [2.05, 4.69) is 5.32 Å². The molecule has 1 heterocycles. The second kappa shape index (κ2) is 8.61. The van der Waals surface area contributed by atoms with E-state index in [-0.39, 0.29) is 11.6 Å². The molecule has 0 fully saturated rings. The smallest absolute Gasteiger partial charge is 0.283 e. The van der Waals surface area contributed by atoms with Crippen molar-refractivity contribution in [3.8, 4) is 0 Å². The second-order valence-electron chi connectivity index (χ2n) is 7.44. The number of carbonyl (C=O) groups is 2. The van der Waals surface area contributed by atoms with Crippen LogP contribution in [0.1, 0.15) is 16.7 Å². The quantitative estimate of drug-likeness (QED) is 0.468. The van der Waals surface area contributed by atoms with Gasteiger partial charge in [0.25, 0.3) is 11.8 Å². The number of amides is 2. The summed E-state index contributed by atoms with van der Waals surface area (Å²) in [5, 5.41) is 3.73. The first-order valence-electron chi connectivity index (χ1n) is 9.81. The van der Waals surface area contributed by atoms with E-state index in [0.717, 1.165) is 27.3 Å². The summed E-state index contributed by atoms with van der Waals surface area (Å²) in [6.45, 7) is 5.86. The highest BCUT2D eigenvalue weighted by molar-refractivity contribution is 8.04. The van der Waals surface area contributed by atoms with Crippen LogP contribution in [0.3, 0.4) is 0 Å². The predicted octanol–water partition coefficient (Wildman–Crippen LogP) is 6.25.